The number of hydrogen-bond donors (Lipinski definition) is 0. The molecule has 0 saturated carbocycles. The molecule has 0 unspecified atom stereocenters. The van der Waals surface area contributed by atoms with Crippen molar-refractivity contribution in [3.63, 3.8) is 0 Å². The summed E-state index contributed by atoms with van der Waals surface area (Å²) in [5, 5.41) is 0. The lowest BCUT2D eigenvalue weighted by molar-refractivity contribution is -0.156. The highest BCUT2D eigenvalue weighted by Gasteiger charge is 2.34. The Hall–Kier alpha value is -0.580. The fourth-order valence-corrected chi connectivity index (χ4v) is 0.834. The maximum Gasteiger partial charge on any atom is 0.324 e. The number of esters is 1. The molecule has 76 valence electrons. The lowest BCUT2D eigenvalue weighted by Gasteiger charge is -2.25. The predicted molar refractivity (Wildman–Crippen MR) is 53.3 cm³/mol. The summed E-state index contributed by atoms with van der Waals surface area (Å²) < 4.78 is 6.81. The smallest absolute Gasteiger partial charge is 0.324 e. The average Bonchev–Trinajstić information content (AvgIpc) is 1.82. The second-order valence-corrected chi connectivity index (χ2v) is 5.53. The van der Waals surface area contributed by atoms with Crippen molar-refractivity contribution < 1.29 is 9.53 Å². The Bertz CT molecular complexity index is 208. The van der Waals surface area contributed by atoms with Gasteiger partial charge in [-0.15, -0.1) is 4.91 Å². The third-order valence-corrected chi connectivity index (χ3v) is 1.85. The zero-order valence-corrected chi connectivity index (χ0v) is 9.40. The van der Waals surface area contributed by atoms with Crippen molar-refractivity contribution in [1.82, 2.24) is 0 Å². The van der Waals surface area contributed by atoms with Gasteiger partial charge in [0, 0.05) is 16.5 Å². The molecular weight excluding hydrogens is 190 g/mol. The van der Waals surface area contributed by atoms with Crippen LogP contribution in [0.5, 0.6) is 0 Å². The molecule has 0 spiro atoms. The molecule has 0 aromatic carbocycles. The number of nitroso groups, excluding NO2 is 1. The first kappa shape index (κ1) is 12.4. The van der Waals surface area contributed by atoms with Gasteiger partial charge in [-0.2, -0.15) is 0 Å². The van der Waals surface area contributed by atoms with Crippen LogP contribution in [0.3, 0.4) is 0 Å². The Morgan fingerprint density at radius 1 is 1.23 bits per heavy atom. The molecular formula is C8H15NO3S. The van der Waals surface area contributed by atoms with Gasteiger partial charge in [0.1, 0.15) is 10.3 Å². The lowest BCUT2D eigenvalue weighted by Crippen LogP contribution is -2.35. The molecule has 0 fully saturated rings. The first-order valence-electron chi connectivity index (χ1n) is 3.93. The van der Waals surface area contributed by atoms with Crippen molar-refractivity contribution >= 4 is 17.9 Å². The minimum atomic E-state index is -0.908. The molecule has 5 heteroatoms. The van der Waals surface area contributed by atoms with Crippen LogP contribution < -0.4 is 0 Å². The second-order valence-electron chi connectivity index (χ2n) is 4.18. The molecule has 0 bridgehead atoms. The maximum absolute atomic E-state index is 11.4. The summed E-state index contributed by atoms with van der Waals surface area (Å²) in [6.07, 6.45) is 0. The summed E-state index contributed by atoms with van der Waals surface area (Å²) in [4.78, 5) is 21.4. The van der Waals surface area contributed by atoms with Crippen molar-refractivity contribution in [2.24, 2.45) is 4.58 Å². The van der Waals surface area contributed by atoms with Gasteiger partial charge in [0.05, 0.1) is 0 Å². The number of ether oxygens (including phenoxy) is 1. The zero-order valence-electron chi connectivity index (χ0n) is 8.58. The SMILES string of the molecule is CC(C)(C)OC(=O)C(C)(C)SN=O. The normalized spacial score (nSPS) is 12.4. The van der Waals surface area contributed by atoms with Gasteiger partial charge in [0.2, 0.25) is 0 Å². The fourth-order valence-electron chi connectivity index (χ4n) is 0.531. The van der Waals surface area contributed by atoms with E-state index in [9.17, 15) is 9.70 Å². The van der Waals surface area contributed by atoms with E-state index in [0.29, 0.717) is 11.9 Å². The summed E-state index contributed by atoms with van der Waals surface area (Å²) in [7, 11) is 0. The monoisotopic (exact) mass is 205 g/mol. The van der Waals surface area contributed by atoms with Crippen LogP contribution in [0.25, 0.3) is 0 Å². The van der Waals surface area contributed by atoms with Gasteiger partial charge in [0.25, 0.3) is 0 Å². The molecule has 4 nitrogen and oxygen atoms in total. The molecule has 13 heavy (non-hydrogen) atoms. The van der Waals surface area contributed by atoms with Crippen molar-refractivity contribution in [1.29, 1.82) is 0 Å². The summed E-state index contributed by atoms with van der Waals surface area (Å²) in [5.74, 6) is -0.426. The van der Waals surface area contributed by atoms with Gasteiger partial charge >= 0.3 is 5.97 Å². The molecule has 0 heterocycles. The Balaban J connectivity index is 4.33. The summed E-state index contributed by atoms with van der Waals surface area (Å²) in [6, 6.07) is 0. The first-order chi connectivity index (χ1) is 5.69. The summed E-state index contributed by atoms with van der Waals surface area (Å²) >= 11 is 0.677. The molecule has 0 radical (unpaired) electrons. The number of nitrogens with zero attached hydrogens (tertiary/aromatic N) is 1. The molecule has 0 rings (SSSR count). The van der Waals surface area contributed by atoms with Gasteiger partial charge in [0.15, 0.2) is 0 Å². The van der Waals surface area contributed by atoms with E-state index >= 15 is 0 Å². The summed E-state index contributed by atoms with van der Waals surface area (Å²) in [6.45, 7) is 8.54. The third kappa shape index (κ3) is 4.87. The summed E-state index contributed by atoms with van der Waals surface area (Å²) in [5.41, 5.74) is -0.530. The highest BCUT2D eigenvalue weighted by atomic mass is 32.2. The van der Waals surface area contributed by atoms with E-state index in [4.69, 9.17) is 4.74 Å². The van der Waals surface area contributed by atoms with Crippen molar-refractivity contribution in [3.05, 3.63) is 4.91 Å². The van der Waals surface area contributed by atoms with Crippen molar-refractivity contribution in [3.8, 4) is 0 Å². The van der Waals surface area contributed by atoms with E-state index in [1.54, 1.807) is 34.6 Å². The third-order valence-electron chi connectivity index (χ3n) is 1.16. The maximum atomic E-state index is 11.4. The van der Waals surface area contributed by atoms with Crippen LogP contribution in [0, 0.1) is 4.91 Å². The first-order valence-corrected chi connectivity index (χ1v) is 4.71. The van der Waals surface area contributed by atoms with E-state index in [2.05, 4.69) is 4.58 Å². The van der Waals surface area contributed by atoms with Gasteiger partial charge < -0.3 is 4.74 Å². The van der Waals surface area contributed by atoms with Crippen LogP contribution >= 0.6 is 11.9 Å². The van der Waals surface area contributed by atoms with E-state index in [-0.39, 0.29) is 0 Å². The molecule has 0 N–H and O–H groups in total. The number of rotatable bonds is 3. The number of carbonyl (C=O) groups is 1. The van der Waals surface area contributed by atoms with E-state index in [1.165, 1.54) is 0 Å². The average molecular weight is 205 g/mol. The molecule has 0 aromatic heterocycles. The minimum Gasteiger partial charge on any atom is -0.459 e. The van der Waals surface area contributed by atoms with Gasteiger partial charge in [-0.05, 0) is 34.6 Å². The van der Waals surface area contributed by atoms with Crippen LogP contribution in [0.2, 0.25) is 0 Å². The van der Waals surface area contributed by atoms with Crippen LogP contribution in [-0.4, -0.2) is 16.3 Å². The quantitative estimate of drug-likeness (QED) is 0.403. The Morgan fingerprint density at radius 3 is 2.00 bits per heavy atom. The van der Waals surface area contributed by atoms with Crippen LogP contribution in [0.4, 0.5) is 0 Å². The standard InChI is InChI=1S/C8H15NO3S/c1-7(2,3)12-6(10)8(4,5)13-9-11/h1-5H3. The minimum absolute atomic E-state index is 0.426. The van der Waals surface area contributed by atoms with E-state index in [1.807, 2.05) is 0 Å². The second kappa shape index (κ2) is 4.09. The molecule has 0 aliphatic rings. The Kier molecular flexibility index (Phi) is 3.90. The van der Waals surface area contributed by atoms with Gasteiger partial charge in [-0.1, -0.05) is 0 Å². The van der Waals surface area contributed by atoms with Crippen molar-refractivity contribution in [2.75, 3.05) is 0 Å². The molecule has 0 amide bonds. The zero-order chi connectivity index (χ0) is 10.7. The topological polar surface area (TPSA) is 55.7 Å². The molecule has 0 aromatic rings. The van der Waals surface area contributed by atoms with Crippen LogP contribution in [-0.2, 0) is 9.53 Å². The van der Waals surface area contributed by atoms with Crippen molar-refractivity contribution in [2.45, 2.75) is 45.0 Å². The molecule has 0 aliphatic carbocycles. The molecule has 0 saturated heterocycles. The number of hydrogen-bond acceptors (Lipinski definition) is 5. The van der Waals surface area contributed by atoms with Crippen LogP contribution in [0.1, 0.15) is 34.6 Å². The van der Waals surface area contributed by atoms with Gasteiger partial charge in [-0.3, -0.25) is 4.79 Å². The highest BCUT2D eigenvalue weighted by Crippen LogP contribution is 2.28. The van der Waals surface area contributed by atoms with Crippen LogP contribution in [0.15, 0.2) is 4.58 Å². The lowest BCUT2D eigenvalue weighted by atomic mass is 10.1. The largest absolute Gasteiger partial charge is 0.459 e. The molecule has 0 atom stereocenters. The molecule has 0 aliphatic heterocycles. The Labute approximate surface area is 82.5 Å². The van der Waals surface area contributed by atoms with E-state index < -0.39 is 16.3 Å². The number of carbonyl (C=O) groups excluding carboxylic acids is 1. The highest BCUT2D eigenvalue weighted by molar-refractivity contribution is 8.00. The van der Waals surface area contributed by atoms with Gasteiger partial charge in [-0.25, -0.2) is 0 Å². The fraction of sp³-hybridized carbons (Fsp3) is 0.875. The Morgan fingerprint density at radius 2 is 1.69 bits per heavy atom. The van der Waals surface area contributed by atoms with E-state index in [0.717, 1.165) is 0 Å². The predicted octanol–water partition coefficient (Wildman–Crippen LogP) is 2.52.